The maximum Gasteiger partial charge on any atom is 0.472 e. The topological polar surface area (TPSA) is 97.3 Å². The third-order valence-corrected chi connectivity index (χ3v) is 4.84. The van der Waals surface area contributed by atoms with Crippen molar-refractivity contribution in [3.63, 3.8) is 0 Å². The molecule has 0 aromatic carbocycles. The normalized spacial score (nSPS) is 30.9. The summed E-state index contributed by atoms with van der Waals surface area (Å²) in [6.45, 7) is 7.83. The van der Waals surface area contributed by atoms with Crippen molar-refractivity contribution in [3.05, 3.63) is 24.3 Å². The van der Waals surface area contributed by atoms with Crippen molar-refractivity contribution in [2.45, 2.75) is 57.9 Å². The van der Waals surface area contributed by atoms with Crippen LogP contribution in [-0.2, 0) is 18.3 Å². The van der Waals surface area contributed by atoms with Crippen molar-refractivity contribution in [2.75, 3.05) is 0 Å². The van der Waals surface area contributed by atoms with Gasteiger partial charge in [0.1, 0.15) is 6.17 Å². The molecule has 0 radical (unpaired) electrons. The third-order valence-electron chi connectivity index (χ3n) is 3.56. The Bertz CT molecular complexity index is 628. The molecule has 25 heavy (non-hydrogen) atoms. The van der Waals surface area contributed by atoms with E-state index < -0.39 is 50.4 Å². The second-order valence-corrected chi connectivity index (χ2v) is 7.40. The maximum absolute atomic E-state index is 14.3. The van der Waals surface area contributed by atoms with Gasteiger partial charge in [-0.3, -0.25) is 13.9 Å². The van der Waals surface area contributed by atoms with E-state index in [2.05, 4.69) is 11.9 Å². The largest absolute Gasteiger partial charge is 0.472 e. The Hall–Kier alpha value is -1.32. The molecule has 4 unspecified atom stereocenters. The van der Waals surface area contributed by atoms with E-state index in [1.165, 1.54) is 6.92 Å². The summed E-state index contributed by atoms with van der Waals surface area (Å²) in [6.07, 6.45) is -4.90. The smallest absolute Gasteiger partial charge is 0.349 e. The van der Waals surface area contributed by atoms with Gasteiger partial charge in [0.05, 0.1) is 24.0 Å². The van der Waals surface area contributed by atoms with Gasteiger partial charge in [0.2, 0.25) is 0 Å². The van der Waals surface area contributed by atoms with Crippen LogP contribution in [0, 0.1) is 0 Å². The van der Waals surface area contributed by atoms with Crippen LogP contribution in [0.25, 0.3) is 0 Å². The first-order chi connectivity index (χ1) is 11.5. The minimum Gasteiger partial charge on any atom is -0.349 e. The number of rotatable bonds is 6. The van der Waals surface area contributed by atoms with Crippen molar-refractivity contribution in [1.82, 2.24) is 10.2 Å². The lowest BCUT2D eigenvalue weighted by Crippen LogP contribution is -2.48. The number of hydrogen-bond acceptors (Lipinski definition) is 5. The van der Waals surface area contributed by atoms with Crippen molar-refractivity contribution < 1.29 is 36.8 Å². The molecule has 2 heterocycles. The summed E-state index contributed by atoms with van der Waals surface area (Å²) in [7, 11) is -4.34. The molecular formula is C14H21F2N2O6P. The molecule has 11 heteroatoms. The average Bonchev–Trinajstić information content (AvgIpc) is 2.83. The fraction of sp³-hybridized carbons (Fsp3) is 0.643. The number of alkyl halides is 1. The van der Waals surface area contributed by atoms with E-state index in [1.54, 1.807) is 13.8 Å². The fourth-order valence-electron chi connectivity index (χ4n) is 2.47. The zero-order chi connectivity index (χ0) is 18.9. The minimum absolute atomic E-state index is 0.201. The predicted molar refractivity (Wildman–Crippen MR) is 83.5 cm³/mol. The highest BCUT2D eigenvalue weighted by molar-refractivity contribution is 7.47. The van der Waals surface area contributed by atoms with Gasteiger partial charge < -0.3 is 14.9 Å². The Morgan fingerprint density at radius 3 is 2.72 bits per heavy atom. The van der Waals surface area contributed by atoms with Crippen LogP contribution >= 0.6 is 7.82 Å². The molecule has 0 bridgehead atoms. The van der Waals surface area contributed by atoms with Gasteiger partial charge >= 0.3 is 13.9 Å². The van der Waals surface area contributed by atoms with Crippen LogP contribution in [0.3, 0.4) is 0 Å². The third kappa shape index (κ3) is 4.86. The highest BCUT2D eigenvalue weighted by Gasteiger charge is 2.45. The summed E-state index contributed by atoms with van der Waals surface area (Å²) in [5.74, 6) is -0.826. The van der Waals surface area contributed by atoms with Gasteiger partial charge in [0.25, 0.3) is 0 Å². The Morgan fingerprint density at radius 2 is 2.12 bits per heavy atom. The first-order valence-electron chi connectivity index (χ1n) is 7.65. The molecule has 2 aliphatic heterocycles. The van der Waals surface area contributed by atoms with E-state index in [4.69, 9.17) is 13.8 Å². The lowest BCUT2D eigenvalue weighted by molar-refractivity contribution is -0.0737. The van der Waals surface area contributed by atoms with Crippen molar-refractivity contribution in [2.24, 2.45) is 0 Å². The van der Waals surface area contributed by atoms with Crippen LogP contribution in [0.15, 0.2) is 24.3 Å². The first-order valence-corrected chi connectivity index (χ1v) is 9.14. The van der Waals surface area contributed by atoms with E-state index in [-0.39, 0.29) is 12.1 Å². The highest BCUT2D eigenvalue weighted by Crippen LogP contribution is 2.47. The number of amides is 2. The molecule has 0 aromatic heterocycles. The highest BCUT2D eigenvalue weighted by atomic mass is 31.2. The fourth-order valence-corrected chi connectivity index (χ4v) is 3.61. The number of carbonyl (C=O) groups is 1. The number of carbonyl (C=O) groups excluding carboxylic acids is 1. The van der Waals surface area contributed by atoms with Gasteiger partial charge in [-0.1, -0.05) is 6.58 Å². The standard InChI is InChI=1S/C14H21F2N2O6P/c1-7(2)23-25(20,21)24-9(4)12-5-10(15)13(22-12)18-6-11(16)8(3)17-14(18)19/h6-7,9-10,12-13H,3,5H2,1-2,4H3,(H,17,19)(H,20,21)/t9-,10?,12?,13?/m0/s1. The number of urea groups is 1. The molecule has 1 saturated heterocycles. The molecule has 0 aliphatic carbocycles. The molecular weight excluding hydrogens is 361 g/mol. The van der Waals surface area contributed by atoms with Gasteiger partial charge in [-0.25, -0.2) is 18.1 Å². The van der Waals surface area contributed by atoms with Gasteiger partial charge in [-0.15, -0.1) is 0 Å². The molecule has 0 aromatic rings. The summed E-state index contributed by atoms with van der Waals surface area (Å²) in [6, 6.07) is -0.788. The number of nitrogens with one attached hydrogen (secondary N) is 1. The number of nitrogens with zero attached hydrogens (tertiary/aromatic N) is 1. The van der Waals surface area contributed by atoms with E-state index in [1.807, 2.05) is 0 Å². The second kappa shape index (κ2) is 7.51. The number of ether oxygens (including phenoxy) is 1. The maximum atomic E-state index is 14.3. The van der Waals surface area contributed by atoms with Gasteiger partial charge in [0.15, 0.2) is 12.1 Å². The first kappa shape index (κ1) is 20.0. The zero-order valence-electron chi connectivity index (χ0n) is 14.0. The predicted octanol–water partition coefficient (Wildman–Crippen LogP) is 2.72. The van der Waals surface area contributed by atoms with E-state index >= 15 is 0 Å². The van der Waals surface area contributed by atoms with Crippen LogP contribution in [0.2, 0.25) is 0 Å². The van der Waals surface area contributed by atoms with Crippen LogP contribution in [0.1, 0.15) is 27.2 Å². The lowest BCUT2D eigenvalue weighted by Gasteiger charge is -2.30. The quantitative estimate of drug-likeness (QED) is 0.686. The minimum atomic E-state index is -4.34. The SMILES string of the molecule is C=C1NC(=O)N(C2OC([C@H](C)OP(=O)(O)OC(C)C)CC2F)C=C1F. The van der Waals surface area contributed by atoms with Crippen molar-refractivity contribution >= 4 is 13.9 Å². The Balaban J connectivity index is 2.04. The number of phosphoric ester groups is 1. The monoisotopic (exact) mass is 382 g/mol. The van der Waals surface area contributed by atoms with Crippen LogP contribution in [0.4, 0.5) is 13.6 Å². The molecule has 142 valence electrons. The molecule has 2 rings (SSSR count). The summed E-state index contributed by atoms with van der Waals surface area (Å²) >= 11 is 0. The van der Waals surface area contributed by atoms with Gasteiger partial charge in [0, 0.05) is 12.6 Å². The van der Waals surface area contributed by atoms with Crippen molar-refractivity contribution in [1.29, 1.82) is 0 Å². The van der Waals surface area contributed by atoms with Gasteiger partial charge in [-0.2, -0.15) is 0 Å². The van der Waals surface area contributed by atoms with Crippen molar-refractivity contribution in [3.8, 4) is 0 Å². The number of halogens is 2. The van der Waals surface area contributed by atoms with Gasteiger partial charge in [-0.05, 0) is 20.8 Å². The number of phosphoric acid groups is 1. The number of hydrogen-bond donors (Lipinski definition) is 2. The zero-order valence-corrected chi connectivity index (χ0v) is 14.9. The van der Waals surface area contributed by atoms with E-state index in [0.29, 0.717) is 0 Å². The molecule has 1 fully saturated rings. The molecule has 0 spiro atoms. The Labute approximate surface area is 144 Å². The van der Waals surface area contributed by atoms with E-state index in [9.17, 15) is 23.0 Å². The summed E-state index contributed by atoms with van der Waals surface area (Å²) < 4.78 is 54.8. The Kier molecular flexibility index (Phi) is 6.01. The van der Waals surface area contributed by atoms with Crippen LogP contribution in [0.5, 0.6) is 0 Å². The molecule has 2 N–H and O–H groups in total. The summed E-state index contributed by atoms with van der Waals surface area (Å²) in [4.78, 5) is 22.2. The average molecular weight is 382 g/mol. The molecule has 8 nitrogen and oxygen atoms in total. The summed E-state index contributed by atoms with van der Waals surface area (Å²) in [5, 5.41) is 2.15. The summed E-state index contributed by atoms with van der Waals surface area (Å²) in [5.41, 5.74) is -0.227. The number of allylic oxidation sites excluding steroid dienone is 1. The second-order valence-electron chi connectivity index (χ2n) is 6.04. The molecule has 2 amide bonds. The molecule has 0 saturated carbocycles. The molecule has 2 aliphatic rings. The van der Waals surface area contributed by atoms with E-state index in [0.717, 1.165) is 11.1 Å². The Morgan fingerprint density at radius 1 is 1.48 bits per heavy atom. The molecule has 5 atom stereocenters. The lowest BCUT2D eigenvalue weighted by atomic mass is 10.1. The van der Waals surface area contributed by atoms with Crippen LogP contribution in [-0.4, -0.2) is 46.5 Å². The van der Waals surface area contributed by atoms with Crippen LogP contribution < -0.4 is 5.32 Å².